The molecule has 5 rings (SSSR count). The zero-order chi connectivity index (χ0) is 28.9. The van der Waals surface area contributed by atoms with Crippen LogP contribution in [-0.2, 0) is 11.3 Å². The fourth-order valence-electron chi connectivity index (χ4n) is 4.85. The van der Waals surface area contributed by atoms with Gasteiger partial charge in [-0.1, -0.05) is 18.2 Å². The molecule has 2 heterocycles. The van der Waals surface area contributed by atoms with E-state index in [1.165, 1.54) is 6.08 Å². The third-order valence-electron chi connectivity index (χ3n) is 6.82. The average Bonchev–Trinajstić information content (AvgIpc) is 3.35. The Bertz CT molecular complexity index is 1730. The molecule has 0 bridgehead atoms. The van der Waals surface area contributed by atoms with Crippen molar-refractivity contribution >= 4 is 33.8 Å². The second kappa shape index (κ2) is 11.9. The number of hydrogen-bond donors (Lipinski definition) is 1. The van der Waals surface area contributed by atoms with Crippen molar-refractivity contribution in [2.24, 2.45) is 0 Å². The molecule has 0 fully saturated rings. The summed E-state index contributed by atoms with van der Waals surface area (Å²) in [5, 5.41) is 4.97. The Kier molecular flexibility index (Phi) is 7.96. The number of amides is 1. The number of pyridine rings is 1. The van der Waals surface area contributed by atoms with E-state index in [1.807, 2.05) is 42.6 Å². The summed E-state index contributed by atoms with van der Waals surface area (Å²) >= 11 is 0. The lowest BCUT2D eigenvalue weighted by molar-refractivity contribution is -0.116. The lowest BCUT2D eigenvalue weighted by atomic mass is 10.1. The zero-order valence-electron chi connectivity index (χ0n) is 23.6. The summed E-state index contributed by atoms with van der Waals surface area (Å²) in [7, 11) is 7.94. The van der Waals surface area contributed by atoms with Crippen molar-refractivity contribution in [3.8, 4) is 34.4 Å². The third kappa shape index (κ3) is 5.34. The molecule has 1 N–H and O–H groups in total. The summed E-state index contributed by atoms with van der Waals surface area (Å²) in [6.45, 7) is 0.262. The zero-order valence-corrected chi connectivity index (χ0v) is 23.6. The minimum Gasteiger partial charge on any atom is -0.497 e. The molecule has 9 nitrogen and oxygen atoms in total. The molecule has 0 saturated heterocycles. The smallest absolute Gasteiger partial charge is 0.244 e. The van der Waals surface area contributed by atoms with Gasteiger partial charge in [0.05, 0.1) is 70.7 Å². The number of rotatable bonds is 10. The van der Waals surface area contributed by atoms with E-state index in [9.17, 15) is 4.79 Å². The van der Waals surface area contributed by atoms with Crippen molar-refractivity contribution in [2.45, 2.75) is 6.54 Å². The van der Waals surface area contributed by atoms with E-state index in [2.05, 4.69) is 27.0 Å². The number of benzene rings is 3. The van der Waals surface area contributed by atoms with Crippen molar-refractivity contribution in [3.63, 3.8) is 0 Å². The number of methoxy groups -OCH3 is 5. The maximum atomic E-state index is 12.6. The standard InChI is InChI=1S/C32H31N3O6/c1-37-23-11-12-28(38-2)20(14-23)10-13-31(36)34-18-21-15-25-24-8-6-7-9-26(24)35(27(25)19-33-21)22-16-29(39-3)32(41-5)30(17-22)40-4/h6-17,19H,18H2,1-5H3,(H,34,36)/b13-10+. The molecule has 0 radical (unpaired) electrons. The minimum atomic E-state index is -0.253. The van der Waals surface area contributed by atoms with Gasteiger partial charge >= 0.3 is 0 Å². The Hall–Kier alpha value is -5.18. The highest BCUT2D eigenvalue weighted by molar-refractivity contribution is 6.09. The van der Waals surface area contributed by atoms with Crippen molar-refractivity contribution in [1.29, 1.82) is 0 Å². The van der Waals surface area contributed by atoms with Crippen molar-refractivity contribution in [1.82, 2.24) is 14.9 Å². The van der Waals surface area contributed by atoms with Crippen LogP contribution in [0.15, 0.2) is 72.9 Å². The average molecular weight is 554 g/mol. The van der Waals surface area contributed by atoms with Gasteiger partial charge in [-0.3, -0.25) is 9.78 Å². The summed E-state index contributed by atoms with van der Waals surface area (Å²) in [6.07, 6.45) is 4.97. The molecule has 0 aliphatic heterocycles. The second-order valence-electron chi connectivity index (χ2n) is 9.09. The molecule has 9 heteroatoms. The van der Waals surface area contributed by atoms with Crippen LogP contribution in [0.3, 0.4) is 0 Å². The summed E-state index contributed by atoms with van der Waals surface area (Å²) in [5.74, 6) is 2.70. The second-order valence-corrected chi connectivity index (χ2v) is 9.09. The highest BCUT2D eigenvalue weighted by Gasteiger charge is 2.18. The Morgan fingerprint density at radius 2 is 1.54 bits per heavy atom. The number of carbonyl (C=O) groups is 1. The van der Waals surface area contributed by atoms with E-state index >= 15 is 0 Å². The molecule has 210 valence electrons. The number of nitrogens with zero attached hydrogens (tertiary/aromatic N) is 2. The molecule has 41 heavy (non-hydrogen) atoms. The van der Waals surface area contributed by atoms with Crippen LogP contribution >= 0.6 is 0 Å². The van der Waals surface area contributed by atoms with Gasteiger partial charge in [-0.2, -0.15) is 0 Å². The summed E-state index contributed by atoms with van der Waals surface area (Å²) < 4.78 is 29.5. The molecular formula is C32H31N3O6. The number of nitrogens with one attached hydrogen (secondary N) is 1. The van der Waals surface area contributed by atoms with Gasteiger partial charge in [0, 0.05) is 34.5 Å². The van der Waals surface area contributed by atoms with Gasteiger partial charge in [0.2, 0.25) is 11.7 Å². The van der Waals surface area contributed by atoms with Crippen LogP contribution < -0.4 is 29.0 Å². The van der Waals surface area contributed by atoms with E-state index in [0.29, 0.717) is 28.7 Å². The summed E-state index contributed by atoms with van der Waals surface area (Å²) in [6, 6.07) is 19.3. The summed E-state index contributed by atoms with van der Waals surface area (Å²) in [5.41, 5.74) is 4.20. The first kappa shape index (κ1) is 27.4. The fourth-order valence-corrected chi connectivity index (χ4v) is 4.85. The van der Waals surface area contributed by atoms with Gasteiger partial charge in [-0.05, 0) is 36.4 Å². The Labute approximate surface area is 237 Å². The maximum absolute atomic E-state index is 12.6. The van der Waals surface area contributed by atoms with E-state index in [0.717, 1.165) is 38.8 Å². The quantitative estimate of drug-likeness (QED) is 0.227. The van der Waals surface area contributed by atoms with Gasteiger partial charge in [-0.25, -0.2) is 0 Å². The number of para-hydroxylation sites is 1. The van der Waals surface area contributed by atoms with E-state index in [4.69, 9.17) is 23.7 Å². The third-order valence-corrected chi connectivity index (χ3v) is 6.82. The van der Waals surface area contributed by atoms with Gasteiger partial charge in [0.1, 0.15) is 11.5 Å². The monoisotopic (exact) mass is 553 g/mol. The van der Waals surface area contributed by atoms with Gasteiger partial charge < -0.3 is 33.6 Å². The van der Waals surface area contributed by atoms with Crippen molar-refractivity contribution in [2.75, 3.05) is 35.5 Å². The Morgan fingerprint density at radius 1 is 0.805 bits per heavy atom. The molecule has 2 aromatic heterocycles. The molecular weight excluding hydrogens is 522 g/mol. The SMILES string of the molecule is COc1ccc(OC)c(/C=C/C(=O)NCc2cc3c4ccccc4n(-c4cc(OC)c(OC)c(OC)c4)c3cn2)c1. The van der Waals surface area contributed by atoms with Crippen LogP contribution in [-0.4, -0.2) is 51.0 Å². The van der Waals surface area contributed by atoms with Crippen LogP contribution in [0.5, 0.6) is 28.7 Å². The van der Waals surface area contributed by atoms with Crippen molar-refractivity contribution in [3.05, 3.63) is 84.2 Å². The lowest BCUT2D eigenvalue weighted by Gasteiger charge is -2.16. The molecule has 1 amide bonds. The maximum Gasteiger partial charge on any atom is 0.244 e. The predicted octanol–water partition coefficient (Wildman–Crippen LogP) is 5.55. The molecule has 5 aromatic rings. The topological polar surface area (TPSA) is 93.1 Å². The van der Waals surface area contributed by atoms with Crippen LogP contribution in [0.2, 0.25) is 0 Å². The molecule has 0 atom stereocenters. The van der Waals surface area contributed by atoms with Crippen LogP contribution in [0, 0.1) is 0 Å². The molecule has 0 saturated carbocycles. The van der Waals surface area contributed by atoms with Gasteiger partial charge in [-0.15, -0.1) is 0 Å². The number of carbonyl (C=O) groups excluding carboxylic acids is 1. The first-order valence-electron chi connectivity index (χ1n) is 12.9. The van der Waals surface area contributed by atoms with E-state index < -0.39 is 0 Å². The molecule has 0 unspecified atom stereocenters. The lowest BCUT2D eigenvalue weighted by Crippen LogP contribution is -2.20. The van der Waals surface area contributed by atoms with Crippen molar-refractivity contribution < 1.29 is 28.5 Å². The number of fused-ring (bicyclic) bond motifs is 3. The number of ether oxygens (including phenoxy) is 5. The number of aromatic nitrogens is 2. The first-order valence-corrected chi connectivity index (χ1v) is 12.9. The highest BCUT2D eigenvalue weighted by atomic mass is 16.5. The van der Waals surface area contributed by atoms with Crippen LogP contribution in [0.1, 0.15) is 11.3 Å². The molecule has 3 aromatic carbocycles. The highest BCUT2D eigenvalue weighted by Crippen LogP contribution is 2.41. The normalized spacial score (nSPS) is 11.1. The minimum absolute atomic E-state index is 0.253. The fraction of sp³-hybridized carbons (Fsp3) is 0.188. The molecule has 0 spiro atoms. The predicted molar refractivity (Wildman–Crippen MR) is 159 cm³/mol. The largest absolute Gasteiger partial charge is 0.497 e. The van der Waals surface area contributed by atoms with E-state index in [1.54, 1.807) is 53.8 Å². The van der Waals surface area contributed by atoms with Crippen LogP contribution in [0.4, 0.5) is 0 Å². The number of hydrogen-bond acceptors (Lipinski definition) is 7. The Morgan fingerprint density at radius 3 is 2.22 bits per heavy atom. The molecule has 0 aliphatic rings. The van der Waals surface area contributed by atoms with Gasteiger partial charge in [0.15, 0.2) is 11.5 Å². The van der Waals surface area contributed by atoms with Crippen LogP contribution in [0.25, 0.3) is 33.6 Å². The van der Waals surface area contributed by atoms with Gasteiger partial charge in [0.25, 0.3) is 0 Å². The van der Waals surface area contributed by atoms with E-state index in [-0.39, 0.29) is 12.5 Å². The molecule has 0 aliphatic carbocycles. The Balaban J connectivity index is 1.45. The first-order chi connectivity index (χ1) is 20.0. The summed E-state index contributed by atoms with van der Waals surface area (Å²) in [4.78, 5) is 17.3.